The zero-order valence-electron chi connectivity index (χ0n) is 18.5. The molecular formula is C22H25BN3O6P. The third-order valence-corrected chi connectivity index (χ3v) is 5.51. The first-order chi connectivity index (χ1) is 15.6. The Morgan fingerprint density at radius 1 is 1.33 bits per heavy atom. The molecule has 11 heteroatoms. The summed E-state index contributed by atoms with van der Waals surface area (Å²) in [5.41, 5.74) is 1.78. The molecule has 9 nitrogen and oxygen atoms in total. The zero-order valence-corrected chi connectivity index (χ0v) is 19.6. The van der Waals surface area contributed by atoms with E-state index in [1.807, 2.05) is 14.8 Å². The normalized spacial score (nSPS) is 19.4. The summed E-state index contributed by atoms with van der Waals surface area (Å²) in [7, 11) is 4.75. The summed E-state index contributed by atoms with van der Waals surface area (Å²) in [6.07, 6.45) is 1.37. The number of fused-ring (bicyclic) bond motifs is 1. The number of nitrogens with zero attached hydrogens (tertiary/aromatic N) is 3. The highest BCUT2D eigenvalue weighted by atomic mass is 31.0. The second kappa shape index (κ2) is 9.02. The Balaban J connectivity index is 1.40. The predicted molar refractivity (Wildman–Crippen MR) is 127 cm³/mol. The molecule has 1 aromatic heterocycles. The molecule has 3 atom stereocenters. The predicted octanol–water partition coefficient (Wildman–Crippen LogP) is 0.909. The van der Waals surface area contributed by atoms with Gasteiger partial charge in [-0.3, -0.25) is 14.4 Å². The number of benzene rings is 1. The second-order valence-electron chi connectivity index (χ2n) is 8.89. The van der Waals surface area contributed by atoms with Gasteiger partial charge in [0.1, 0.15) is 20.1 Å². The summed E-state index contributed by atoms with van der Waals surface area (Å²) < 4.78 is 11.5. The maximum atomic E-state index is 13.0. The Kier molecular flexibility index (Phi) is 6.30. The fourth-order valence-corrected chi connectivity index (χ4v) is 3.86. The molecule has 3 heterocycles. The van der Waals surface area contributed by atoms with E-state index in [9.17, 15) is 14.4 Å². The van der Waals surface area contributed by atoms with Crippen LogP contribution in [0.5, 0.6) is 11.6 Å². The molecule has 0 radical (unpaired) electrons. The molecule has 2 aromatic rings. The van der Waals surface area contributed by atoms with Crippen molar-refractivity contribution in [3.63, 3.8) is 0 Å². The molecule has 0 aliphatic carbocycles. The molecule has 0 saturated carbocycles. The van der Waals surface area contributed by atoms with Gasteiger partial charge < -0.3 is 24.4 Å². The average Bonchev–Trinajstić information content (AvgIpc) is 3.26. The number of hydrogen-bond donors (Lipinski definition) is 1. The van der Waals surface area contributed by atoms with Crippen LogP contribution in [0.2, 0.25) is 0 Å². The van der Waals surface area contributed by atoms with Gasteiger partial charge in [0.25, 0.3) is 11.8 Å². The van der Waals surface area contributed by atoms with Crippen molar-refractivity contribution in [3.05, 3.63) is 47.7 Å². The molecule has 0 bridgehead atoms. The standard InChI is InChI=1S/C22H25BN3O6P/c1-22(23,33)12-31-18-5-4-15(9-24-18)32-17-6-7-26(21(17)30)14-3-2-13-10-25(11-19(27)28)20(29)16(13)8-14/h2-5,8-9,17H,6-7,10-12,23,33H2,1H3,(H,27,28)/t17-,22?/m1/s1. The number of anilines is 1. The van der Waals surface area contributed by atoms with Crippen LogP contribution in [-0.4, -0.2) is 71.5 Å². The van der Waals surface area contributed by atoms with Crippen molar-refractivity contribution in [2.24, 2.45) is 0 Å². The molecule has 2 unspecified atom stereocenters. The first-order valence-corrected chi connectivity index (χ1v) is 11.2. The lowest BCUT2D eigenvalue weighted by Gasteiger charge is -2.19. The van der Waals surface area contributed by atoms with Crippen molar-refractivity contribution in [2.75, 3.05) is 24.6 Å². The van der Waals surface area contributed by atoms with Crippen molar-refractivity contribution >= 4 is 40.6 Å². The Labute approximate surface area is 194 Å². The number of carboxylic acids is 1. The lowest BCUT2D eigenvalue weighted by Crippen LogP contribution is -2.32. The van der Waals surface area contributed by atoms with Crippen molar-refractivity contribution in [3.8, 4) is 11.6 Å². The highest BCUT2D eigenvalue weighted by Gasteiger charge is 2.36. The molecule has 2 amide bonds. The summed E-state index contributed by atoms with van der Waals surface area (Å²) in [6, 6.07) is 8.63. The Hall–Kier alpha value is -3.13. The third kappa shape index (κ3) is 5.28. The van der Waals surface area contributed by atoms with Gasteiger partial charge in [-0.1, -0.05) is 13.0 Å². The molecule has 1 aromatic carbocycles. The van der Waals surface area contributed by atoms with E-state index in [1.165, 1.54) is 11.1 Å². The monoisotopic (exact) mass is 469 g/mol. The van der Waals surface area contributed by atoms with E-state index < -0.39 is 12.1 Å². The minimum atomic E-state index is -1.06. The van der Waals surface area contributed by atoms with Gasteiger partial charge in [0, 0.05) is 36.8 Å². The fraction of sp³-hybridized carbons (Fsp3) is 0.364. The van der Waals surface area contributed by atoms with E-state index in [-0.39, 0.29) is 30.0 Å². The van der Waals surface area contributed by atoms with Gasteiger partial charge in [0.05, 0.1) is 12.8 Å². The van der Waals surface area contributed by atoms with Crippen LogP contribution >= 0.6 is 9.24 Å². The van der Waals surface area contributed by atoms with Crippen LogP contribution in [0.15, 0.2) is 36.5 Å². The molecule has 1 fully saturated rings. The van der Waals surface area contributed by atoms with E-state index in [0.717, 1.165) is 5.56 Å². The quantitative estimate of drug-likeness (QED) is 0.452. The number of hydrogen-bond acceptors (Lipinski definition) is 6. The van der Waals surface area contributed by atoms with E-state index in [0.29, 0.717) is 42.5 Å². The zero-order chi connectivity index (χ0) is 23.8. The first-order valence-electron chi connectivity index (χ1n) is 10.6. The number of aliphatic carboxylic acids is 1. The van der Waals surface area contributed by atoms with Gasteiger partial charge in [-0.25, -0.2) is 4.98 Å². The van der Waals surface area contributed by atoms with Crippen LogP contribution in [-0.2, 0) is 16.1 Å². The summed E-state index contributed by atoms with van der Waals surface area (Å²) in [5, 5.41) is 8.92. The van der Waals surface area contributed by atoms with E-state index in [4.69, 9.17) is 14.6 Å². The van der Waals surface area contributed by atoms with Gasteiger partial charge in [-0.15, -0.1) is 9.24 Å². The summed E-state index contributed by atoms with van der Waals surface area (Å²) in [6.45, 7) is 2.89. The summed E-state index contributed by atoms with van der Waals surface area (Å²) >= 11 is 0. The minimum Gasteiger partial charge on any atom is -0.480 e. The van der Waals surface area contributed by atoms with Crippen molar-refractivity contribution < 1.29 is 29.0 Å². The van der Waals surface area contributed by atoms with Crippen LogP contribution in [0.3, 0.4) is 0 Å². The molecular weight excluding hydrogens is 444 g/mol. The number of carboxylic acid groups (broad SMARTS) is 1. The van der Waals surface area contributed by atoms with Crippen molar-refractivity contribution in [1.82, 2.24) is 9.88 Å². The highest BCUT2D eigenvalue weighted by molar-refractivity contribution is 7.22. The molecule has 0 spiro atoms. The first kappa shape index (κ1) is 23.0. The van der Waals surface area contributed by atoms with Crippen LogP contribution in [0, 0.1) is 0 Å². The molecule has 33 heavy (non-hydrogen) atoms. The number of aromatic nitrogens is 1. The number of amides is 2. The average molecular weight is 469 g/mol. The summed E-state index contributed by atoms with van der Waals surface area (Å²) in [4.78, 5) is 43.6. The lowest BCUT2D eigenvalue weighted by molar-refractivity contribution is -0.137. The lowest BCUT2D eigenvalue weighted by atomic mass is 9.89. The maximum Gasteiger partial charge on any atom is 0.323 e. The van der Waals surface area contributed by atoms with Gasteiger partial charge in [0.2, 0.25) is 5.88 Å². The molecule has 2 aliphatic rings. The van der Waals surface area contributed by atoms with Gasteiger partial charge in [0.15, 0.2) is 6.10 Å². The Morgan fingerprint density at radius 3 is 2.79 bits per heavy atom. The topological polar surface area (TPSA) is 109 Å². The summed E-state index contributed by atoms with van der Waals surface area (Å²) in [5.74, 6) is -0.647. The van der Waals surface area contributed by atoms with Gasteiger partial charge >= 0.3 is 5.97 Å². The maximum absolute atomic E-state index is 13.0. The Bertz CT molecular complexity index is 1090. The molecule has 1 saturated heterocycles. The number of carbonyl (C=O) groups excluding carboxylic acids is 2. The van der Waals surface area contributed by atoms with E-state index in [2.05, 4.69) is 14.2 Å². The number of pyridine rings is 1. The Morgan fingerprint density at radius 2 is 2.12 bits per heavy atom. The smallest absolute Gasteiger partial charge is 0.323 e. The molecule has 4 rings (SSSR count). The van der Waals surface area contributed by atoms with Crippen molar-refractivity contribution in [2.45, 2.75) is 31.0 Å². The molecule has 2 aliphatic heterocycles. The van der Waals surface area contributed by atoms with Crippen LogP contribution in [0.25, 0.3) is 0 Å². The van der Waals surface area contributed by atoms with E-state index >= 15 is 0 Å². The van der Waals surface area contributed by atoms with Gasteiger partial charge in [-0.2, -0.15) is 0 Å². The number of carbonyl (C=O) groups is 3. The SMILES string of the molecule is BC(C)(P)COc1ccc(O[C@@H]2CCN(c3ccc4c(c3)C(=O)N(CC(=O)O)C4)C2=O)cn1. The number of ether oxygens (including phenoxy) is 2. The third-order valence-electron chi connectivity index (χ3n) is 5.35. The van der Waals surface area contributed by atoms with E-state index in [1.54, 1.807) is 35.2 Å². The minimum absolute atomic E-state index is 0.0622. The van der Waals surface area contributed by atoms with Crippen LogP contribution < -0.4 is 14.4 Å². The van der Waals surface area contributed by atoms with Gasteiger partial charge in [-0.05, 0) is 28.8 Å². The molecule has 1 N–H and O–H groups in total. The molecule has 172 valence electrons. The number of rotatable bonds is 8. The highest BCUT2D eigenvalue weighted by Crippen LogP contribution is 2.30. The largest absolute Gasteiger partial charge is 0.480 e. The van der Waals surface area contributed by atoms with Crippen LogP contribution in [0.1, 0.15) is 29.3 Å². The fourth-order valence-electron chi connectivity index (χ4n) is 3.77. The van der Waals surface area contributed by atoms with Crippen molar-refractivity contribution in [1.29, 1.82) is 0 Å². The second-order valence-corrected chi connectivity index (χ2v) is 10.5. The van der Waals surface area contributed by atoms with Crippen LogP contribution in [0.4, 0.5) is 5.69 Å².